The minimum atomic E-state index is -0.212. The van der Waals surface area contributed by atoms with Crippen LogP contribution < -0.4 is 10.1 Å². The van der Waals surface area contributed by atoms with Crippen LogP contribution in [0.1, 0.15) is 56.3 Å². The van der Waals surface area contributed by atoms with Gasteiger partial charge in [0.2, 0.25) is 0 Å². The Kier molecular flexibility index (Phi) is 6.69. The smallest absolute Gasteiger partial charge is 0.124 e. The fourth-order valence-electron chi connectivity index (χ4n) is 3.38. The summed E-state index contributed by atoms with van der Waals surface area (Å²) in [5, 5.41) is 3.48. The van der Waals surface area contributed by atoms with Crippen molar-refractivity contribution in [2.24, 2.45) is 0 Å². The molecule has 0 fully saturated rings. The maximum absolute atomic E-state index is 6.20. The SMILES string of the molecule is CCOC(CC)(CC)C(NC)c1c(C)cc(C)cc1OC. The van der Waals surface area contributed by atoms with Crippen LogP contribution in [0.2, 0.25) is 0 Å². The van der Waals surface area contributed by atoms with Gasteiger partial charge in [0.1, 0.15) is 5.75 Å². The number of methoxy groups -OCH3 is 1. The fourth-order valence-corrected chi connectivity index (χ4v) is 3.38. The molecular formula is C18H31NO2. The highest BCUT2D eigenvalue weighted by Crippen LogP contribution is 2.41. The van der Waals surface area contributed by atoms with Gasteiger partial charge in [-0.1, -0.05) is 19.9 Å². The van der Waals surface area contributed by atoms with Crippen LogP contribution in [0.4, 0.5) is 0 Å². The molecule has 1 N–H and O–H groups in total. The topological polar surface area (TPSA) is 30.5 Å². The van der Waals surface area contributed by atoms with Gasteiger partial charge in [0.15, 0.2) is 0 Å². The molecule has 0 aliphatic heterocycles. The van der Waals surface area contributed by atoms with E-state index in [1.807, 2.05) is 7.05 Å². The Labute approximate surface area is 130 Å². The molecule has 0 saturated heterocycles. The molecule has 1 aromatic rings. The highest BCUT2D eigenvalue weighted by Gasteiger charge is 2.38. The Balaban J connectivity index is 3.44. The molecule has 0 aliphatic carbocycles. The third-order valence-electron chi connectivity index (χ3n) is 4.45. The molecule has 1 aromatic carbocycles. The van der Waals surface area contributed by atoms with Gasteiger partial charge >= 0.3 is 0 Å². The van der Waals surface area contributed by atoms with Gasteiger partial charge in [0, 0.05) is 12.2 Å². The van der Waals surface area contributed by atoms with Gasteiger partial charge in [-0.05, 0) is 57.9 Å². The van der Waals surface area contributed by atoms with Crippen LogP contribution in [0.15, 0.2) is 12.1 Å². The summed E-state index contributed by atoms with van der Waals surface area (Å²) < 4.78 is 11.9. The summed E-state index contributed by atoms with van der Waals surface area (Å²) >= 11 is 0. The number of aryl methyl sites for hydroxylation is 2. The molecule has 3 nitrogen and oxygen atoms in total. The third-order valence-corrected chi connectivity index (χ3v) is 4.45. The molecule has 1 atom stereocenters. The molecule has 120 valence electrons. The third kappa shape index (κ3) is 3.58. The molecule has 21 heavy (non-hydrogen) atoms. The second-order valence-electron chi connectivity index (χ2n) is 5.62. The van der Waals surface area contributed by atoms with E-state index in [4.69, 9.17) is 9.47 Å². The molecule has 0 amide bonds. The highest BCUT2D eigenvalue weighted by atomic mass is 16.5. The second kappa shape index (κ2) is 7.81. The summed E-state index contributed by atoms with van der Waals surface area (Å²) in [5.41, 5.74) is 3.47. The second-order valence-corrected chi connectivity index (χ2v) is 5.62. The predicted molar refractivity (Wildman–Crippen MR) is 89.2 cm³/mol. The lowest BCUT2D eigenvalue weighted by Crippen LogP contribution is -2.45. The van der Waals surface area contributed by atoms with Crippen LogP contribution in [0.3, 0.4) is 0 Å². The fraction of sp³-hybridized carbons (Fsp3) is 0.667. The standard InChI is InChI=1S/C18H31NO2/c1-8-18(9-2,21-10-3)17(19-6)16-14(5)11-13(4)12-15(16)20-7/h11-12,17,19H,8-10H2,1-7H3. The zero-order valence-corrected chi connectivity index (χ0v) is 14.7. The largest absolute Gasteiger partial charge is 0.496 e. The first kappa shape index (κ1) is 18.0. The molecule has 0 saturated carbocycles. The maximum atomic E-state index is 6.20. The summed E-state index contributed by atoms with van der Waals surface area (Å²) in [5.74, 6) is 0.942. The lowest BCUT2D eigenvalue weighted by molar-refractivity contribution is -0.0723. The quantitative estimate of drug-likeness (QED) is 0.780. The Bertz CT molecular complexity index is 453. The van der Waals surface area contributed by atoms with E-state index in [0.717, 1.165) is 18.6 Å². The van der Waals surface area contributed by atoms with Gasteiger partial charge in [-0.15, -0.1) is 0 Å². The first-order chi connectivity index (χ1) is 9.99. The van der Waals surface area contributed by atoms with E-state index >= 15 is 0 Å². The van der Waals surface area contributed by atoms with Crippen molar-refractivity contribution in [2.45, 2.75) is 59.1 Å². The van der Waals surface area contributed by atoms with Crippen LogP contribution in [-0.2, 0) is 4.74 Å². The number of rotatable bonds is 8. The monoisotopic (exact) mass is 293 g/mol. The normalized spacial score (nSPS) is 13.3. The van der Waals surface area contributed by atoms with Crippen LogP contribution in [0, 0.1) is 13.8 Å². The maximum Gasteiger partial charge on any atom is 0.124 e. The van der Waals surface area contributed by atoms with Crippen LogP contribution in [0.5, 0.6) is 5.75 Å². The van der Waals surface area contributed by atoms with Crippen molar-refractivity contribution in [1.82, 2.24) is 5.32 Å². The number of hydrogen-bond acceptors (Lipinski definition) is 3. The van der Waals surface area contributed by atoms with E-state index in [0.29, 0.717) is 6.61 Å². The van der Waals surface area contributed by atoms with Crippen LogP contribution in [0.25, 0.3) is 0 Å². The average molecular weight is 293 g/mol. The summed E-state index contributed by atoms with van der Waals surface area (Å²) in [6.07, 6.45) is 1.92. The van der Waals surface area contributed by atoms with E-state index in [2.05, 4.69) is 52.1 Å². The van der Waals surface area contributed by atoms with Crippen molar-refractivity contribution in [2.75, 3.05) is 20.8 Å². The van der Waals surface area contributed by atoms with Gasteiger partial charge in [-0.3, -0.25) is 0 Å². The minimum Gasteiger partial charge on any atom is -0.496 e. The molecule has 0 bridgehead atoms. The highest BCUT2D eigenvalue weighted by molar-refractivity contribution is 5.46. The van der Waals surface area contributed by atoms with E-state index in [-0.39, 0.29) is 11.6 Å². The molecular weight excluding hydrogens is 262 g/mol. The molecule has 0 spiro atoms. The Morgan fingerprint density at radius 2 is 1.76 bits per heavy atom. The van der Waals surface area contributed by atoms with Gasteiger partial charge < -0.3 is 14.8 Å². The number of hydrogen-bond donors (Lipinski definition) is 1. The first-order valence-corrected chi connectivity index (χ1v) is 7.95. The molecule has 3 heteroatoms. The Morgan fingerprint density at radius 3 is 2.19 bits per heavy atom. The zero-order valence-electron chi connectivity index (χ0n) is 14.7. The van der Waals surface area contributed by atoms with Crippen molar-refractivity contribution in [3.05, 3.63) is 28.8 Å². The van der Waals surface area contributed by atoms with Gasteiger partial charge in [-0.25, -0.2) is 0 Å². The number of ether oxygens (including phenoxy) is 2. The van der Waals surface area contributed by atoms with E-state index in [1.54, 1.807) is 7.11 Å². The Hall–Kier alpha value is -1.06. The summed E-state index contributed by atoms with van der Waals surface area (Å²) in [7, 11) is 3.74. The summed E-state index contributed by atoms with van der Waals surface area (Å²) in [6.45, 7) is 11.4. The molecule has 1 rings (SSSR count). The first-order valence-electron chi connectivity index (χ1n) is 7.95. The number of nitrogens with one attached hydrogen (secondary N) is 1. The number of benzene rings is 1. The average Bonchev–Trinajstić information content (AvgIpc) is 2.48. The van der Waals surface area contributed by atoms with E-state index < -0.39 is 0 Å². The van der Waals surface area contributed by atoms with E-state index in [1.165, 1.54) is 16.7 Å². The van der Waals surface area contributed by atoms with Crippen molar-refractivity contribution in [3.8, 4) is 5.75 Å². The lowest BCUT2D eigenvalue weighted by Gasteiger charge is -2.40. The van der Waals surface area contributed by atoms with Crippen molar-refractivity contribution < 1.29 is 9.47 Å². The van der Waals surface area contributed by atoms with Crippen molar-refractivity contribution >= 4 is 0 Å². The minimum absolute atomic E-state index is 0.114. The summed E-state index contributed by atoms with van der Waals surface area (Å²) in [6, 6.07) is 4.43. The van der Waals surface area contributed by atoms with Gasteiger partial charge in [-0.2, -0.15) is 0 Å². The van der Waals surface area contributed by atoms with Crippen molar-refractivity contribution in [1.29, 1.82) is 0 Å². The van der Waals surface area contributed by atoms with Gasteiger partial charge in [0.25, 0.3) is 0 Å². The van der Waals surface area contributed by atoms with Crippen LogP contribution in [-0.4, -0.2) is 26.4 Å². The number of likely N-dealkylation sites (N-methyl/N-ethyl adjacent to an activating group) is 1. The molecule has 0 aromatic heterocycles. The van der Waals surface area contributed by atoms with E-state index in [9.17, 15) is 0 Å². The summed E-state index contributed by atoms with van der Waals surface area (Å²) in [4.78, 5) is 0. The van der Waals surface area contributed by atoms with Crippen LogP contribution >= 0.6 is 0 Å². The molecule has 0 aliphatic rings. The van der Waals surface area contributed by atoms with Crippen molar-refractivity contribution in [3.63, 3.8) is 0 Å². The van der Waals surface area contributed by atoms with Gasteiger partial charge in [0.05, 0.1) is 18.8 Å². The lowest BCUT2D eigenvalue weighted by atomic mass is 9.81. The zero-order chi connectivity index (χ0) is 16.0. The molecule has 0 heterocycles. The molecule has 0 radical (unpaired) electrons. The molecule has 1 unspecified atom stereocenters. The predicted octanol–water partition coefficient (Wildman–Crippen LogP) is 4.17. The Morgan fingerprint density at radius 1 is 1.14 bits per heavy atom.